The van der Waals surface area contributed by atoms with Gasteiger partial charge >= 0.3 is 0 Å². The Morgan fingerprint density at radius 3 is 2.50 bits per heavy atom. The van der Waals surface area contributed by atoms with Crippen molar-refractivity contribution in [2.24, 2.45) is 0 Å². The van der Waals surface area contributed by atoms with E-state index in [0.717, 1.165) is 13.0 Å². The van der Waals surface area contributed by atoms with Crippen molar-refractivity contribution in [3.05, 3.63) is 0 Å². The summed E-state index contributed by atoms with van der Waals surface area (Å²) in [7, 11) is 0. The van der Waals surface area contributed by atoms with Crippen LogP contribution in [0.25, 0.3) is 0 Å². The molecule has 0 saturated carbocycles. The maximum atomic E-state index is 6.06. The lowest BCUT2D eigenvalue weighted by atomic mass is 10.0. The number of halogens is 1. The summed E-state index contributed by atoms with van der Waals surface area (Å²) in [6, 6.07) is 0.476. The second-order valence-electron chi connectivity index (χ2n) is 2.70. The zero-order valence-electron chi connectivity index (χ0n) is 5.37. The second-order valence-corrected chi connectivity index (χ2v) is 3.57. The molecular formula is C6H12ClN. The third kappa shape index (κ3) is 0.981. The lowest BCUT2D eigenvalue weighted by Crippen LogP contribution is -2.31. The highest BCUT2D eigenvalue weighted by molar-refractivity contribution is 6.24. The standard InChI is InChI=1S/C6H12ClN/c1-5-6(2,7)3-4-8-5/h5,8H,3-4H2,1-2H3/t5-,6-/m1/s1. The molecule has 0 bridgehead atoms. The third-order valence-corrected chi connectivity index (χ3v) is 2.48. The van der Waals surface area contributed by atoms with Crippen molar-refractivity contribution < 1.29 is 0 Å². The summed E-state index contributed by atoms with van der Waals surface area (Å²) in [4.78, 5) is 0.0139. The summed E-state index contributed by atoms with van der Waals surface area (Å²) >= 11 is 6.06. The van der Waals surface area contributed by atoms with Crippen LogP contribution >= 0.6 is 11.6 Å². The zero-order chi connectivity index (χ0) is 6.20. The van der Waals surface area contributed by atoms with E-state index in [1.807, 2.05) is 0 Å². The van der Waals surface area contributed by atoms with Crippen LogP contribution in [-0.4, -0.2) is 17.5 Å². The highest BCUT2D eigenvalue weighted by atomic mass is 35.5. The molecule has 0 spiro atoms. The van der Waals surface area contributed by atoms with E-state index in [0.29, 0.717) is 6.04 Å². The van der Waals surface area contributed by atoms with E-state index in [9.17, 15) is 0 Å². The normalized spacial score (nSPS) is 47.6. The molecule has 0 aliphatic carbocycles. The van der Waals surface area contributed by atoms with Crippen molar-refractivity contribution in [3.8, 4) is 0 Å². The fourth-order valence-corrected chi connectivity index (χ4v) is 1.13. The predicted molar refractivity (Wildman–Crippen MR) is 36.3 cm³/mol. The van der Waals surface area contributed by atoms with Crippen LogP contribution in [0.2, 0.25) is 0 Å². The van der Waals surface area contributed by atoms with E-state index in [-0.39, 0.29) is 4.87 Å². The summed E-state index contributed by atoms with van der Waals surface area (Å²) in [6.07, 6.45) is 1.09. The summed E-state index contributed by atoms with van der Waals surface area (Å²) < 4.78 is 0. The Morgan fingerprint density at radius 1 is 1.75 bits per heavy atom. The second kappa shape index (κ2) is 1.89. The van der Waals surface area contributed by atoms with E-state index < -0.39 is 0 Å². The SMILES string of the molecule is C[C@H]1NCC[C@@]1(C)Cl. The van der Waals surface area contributed by atoms with Crippen molar-refractivity contribution in [2.45, 2.75) is 31.2 Å². The fraction of sp³-hybridized carbons (Fsp3) is 1.00. The minimum Gasteiger partial charge on any atom is -0.312 e. The molecule has 0 amide bonds. The molecule has 1 N–H and O–H groups in total. The number of hydrogen-bond acceptors (Lipinski definition) is 1. The molecule has 1 nitrogen and oxygen atoms in total. The molecule has 0 radical (unpaired) electrons. The molecule has 1 aliphatic heterocycles. The van der Waals surface area contributed by atoms with Gasteiger partial charge in [-0.1, -0.05) is 0 Å². The molecule has 1 saturated heterocycles. The van der Waals surface area contributed by atoms with E-state index >= 15 is 0 Å². The molecule has 0 aromatic heterocycles. The lowest BCUT2D eigenvalue weighted by molar-refractivity contribution is 0.554. The van der Waals surface area contributed by atoms with Gasteiger partial charge in [0, 0.05) is 6.04 Å². The van der Waals surface area contributed by atoms with Crippen molar-refractivity contribution >= 4 is 11.6 Å². The largest absolute Gasteiger partial charge is 0.312 e. The molecule has 8 heavy (non-hydrogen) atoms. The predicted octanol–water partition coefficient (Wildman–Crippen LogP) is 1.37. The highest BCUT2D eigenvalue weighted by Crippen LogP contribution is 2.27. The summed E-state index contributed by atoms with van der Waals surface area (Å²) in [6.45, 7) is 5.28. The first-order valence-corrected chi connectivity index (χ1v) is 3.43. The van der Waals surface area contributed by atoms with Crippen LogP contribution in [0.5, 0.6) is 0 Å². The van der Waals surface area contributed by atoms with E-state index in [2.05, 4.69) is 19.2 Å². The molecule has 1 rings (SSSR count). The first-order chi connectivity index (χ1) is 3.63. The lowest BCUT2D eigenvalue weighted by Gasteiger charge is -2.18. The maximum absolute atomic E-state index is 6.06. The maximum Gasteiger partial charge on any atom is 0.0580 e. The monoisotopic (exact) mass is 133 g/mol. The molecule has 48 valence electrons. The number of rotatable bonds is 0. The van der Waals surface area contributed by atoms with Gasteiger partial charge in [-0.2, -0.15) is 0 Å². The van der Waals surface area contributed by atoms with Crippen LogP contribution in [0.15, 0.2) is 0 Å². The quantitative estimate of drug-likeness (QED) is 0.493. The number of nitrogens with one attached hydrogen (secondary N) is 1. The molecule has 1 fully saturated rings. The Bertz CT molecular complexity index is 90.5. The van der Waals surface area contributed by atoms with Gasteiger partial charge < -0.3 is 5.32 Å². The molecule has 2 atom stereocenters. The average molecular weight is 134 g/mol. The molecule has 1 heterocycles. The first kappa shape index (κ1) is 6.37. The van der Waals surface area contributed by atoms with Gasteiger partial charge in [0.15, 0.2) is 0 Å². The smallest absolute Gasteiger partial charge is 0.0580 e. The summed E-state index contributed by atoms with van der Waals surface area (Å²) in [5.41, 5.74) is 0. The Kier molecular flexibility index (Phi) is 1.50. The molecule has 0 unspecified atom stereocenters. The van der Waals surface area contributed by atoms with Gasteiger partial charge in [0.2, 0.25) is 0 Å². The van der Waals surface area contributed by atoms with Crippen LogP contribution in [0.1, 0.15) is 20.3 Å². The Balaban J connectivity index is 2.54. The van der Waals surface area contributed by atoms with Gasteiger partial charge in [0.1, 0.15) is 0 Å². The van der Waals surface area contributed by atoms with E-state index in [4.69, 9.17) is 11.6 Å². The molecule has 2 heteroatoms. The number of alkyl halides is 1. The minimum absolute atomic E-state index is 0.0139. The molecule has 0 aromatic carbocycles. The van der Waals surface area contributed by atoms with Crippen LogP contribution in [0, 0.1) is 0 Å². The molecular weight excluding hydrogens is 122 g/mol. The van der Waals surface area contributed by atoms with Crippen LogP contribution in [-0.2, 0) is 0 Å². The van der Waals surface area contributed by atoms with Crippen molar-refractivity contribution in [3.63, 3.8) is 0 Å². The Labute approximate surface area is 55.4 Å². The van der Waals surface area contributed by atoms with Crippen molar-refractivity contribution in [1.29, 1.82) is 0 Å². The van der Waals surface area contributed by atoms with E-state index in [1.165, 1.54) is 0 Å². The van der Waals surface area contributed by atoms with Gasteiger partial charge in [-0.05, 0) is 26.8 Å². The van der Waals surface area contributed by atoms with Crippen molar-refractivity contribution in [2.75, 3.05) is 6.54 Å². The molecule has 0 aromatic rings. The average Bonchev–Trinajstić information content (AvgIpc) is 1.86. The summed E-state index contributed by atoms with van der Waals surface area (Å²) in [5.74, 6) is 0. The van der Waals surface area contributed by atoms with E-state index in [1.54, 1.807) is 0 Å². The molecule has 1 aliphatic rings. The van der Waals surface area contributed by atoms with Crippen LogP contribution in [0.3, 0.4) is 0 Å². The minimum atomic E-state index is 0.0139. The highest BCUT2D eigenvalue weighted by Gasteiger charge is 2.32. The van der Waals surface area contributed by atoms with Gasteiger partial charge in [-0.15, -0.1) is 11.6 Å². The van der Waals surface area contributed by atoms with Crippen LogP contribution < -0.4 is 5.32 Å². The van der Waals surface area contributed by atoms with Gasteiger partial charge in [0.25, 0.3) is 0 Å². The fourth-order valence-electron chi connectivity index (χ4n) is 0.962. The Hall–Kier alpha value is 0.250. The third-order valence-electron chi connectivity index (χ3n) is 1.97. The zero-order valence-corrected chi connectivity index (χ0v) is 6.13. The number of hydrogen-bond donors (Lipinski definition) is 1. The first-order valence-electron chi connectivity index (χ1n) is 3.05. The van der Waals surface area contributed by atoms with Gasteiger partial charge in [0.05, 0.1) is 4.87 Å². The Morgan fingerprint density at radius 2 is 2.38 bits per heavy atom. The summed E-state index contributed by atoms with van der Waals surface area (Å²) in [5, 5.41) is 3.28. The van der Waals surface area contributed by atoms with Crippen LogP contribution in [0.4, 0.5) is 0 Å². The van der Waals surface area contributed by atoms with Gasteiger partial charge in [-0.25, -0.2) is 0 Å². The van der Waals surface area contributed by atoms with Crippen molar-refractivity contribution in [1.82, 2.24) is 5.32 Å². The van der Waals surface area contributed by atoms with Gasteiger partial charge in [-0.3, -0.25) is 0 Å². The topological polar surface area (TPSA) is 12.0 Å².